The van der Waals surface area contributed by atoms with Gasteiger partial charge in [0.25, 0.3) is 0 Å². The van der Waals surface area contributed by atoms with Gasteiger partial charge in [0.05, 0.1) is 54.4 Å². The monoisotopic (exact) mass is 640 g/mol. The molecule has 1 fully saturated rings. The number of nitrogens with one attached hydrogen (secondary N) is 2. The Kier molecular flexibility index (Phi) is 7.79. The third kappa shape index (κ3) is 6.64. The largest absolute Gasteiger partial charge is 0.468 e. The molecule has 5 heterocycles. The highest BCUT2D eigenvalue weighted by Crippen LogP contribution is 2.36. The number of carbonyl (C=O) groups is 1. The number of urea groups is 1. The van der Waals surface area contributed by atoms with Gasteiger partial charge < -0.3 is 24.8 Å². The number of fused-ring (bicyclic) bond motifs is 1. The average molecular weight is 641 g/mol. The maximum atomic E-state index is 13.4. The van der Waals surface area contributed by atoms with Crippen LogP contribution in [0.25, 0.3) is 28.0 Å². The first-order chi connectivity index (χ1) is 22.8. The number of aromatic nitrogens is 6. The molecule has 2 amide bonds. The van der Waals surface area contributed by atoms with E-state index in [0.29, 0.717) is 41.6 Å². The van der Waals surface area contributed by atoms with E-state index in [2.05, 4.69) is 35.7 Å². The van der Waals surface area contributed by atoms with Crippen molar-refractivity contribution in [3.05, 3.63) is 103 Å². The molecule has 0 unspecified atom stereocenters. The molecular formula is C32H23F3N8O4. The van der Waals surface area contributed by atoms with E-state index in [9.17, 15) is 18.0 Å². The predicted octanol–water partition coefficient (Wildman–Crippen LogP) is 6.48. The Morgan fingerprint density at radius 3 is 2.40 bits per heavy atom. The second-order valence-electron chi connectivity index (χ2n) is 10.3. The molecular weight excluding hydrogens is 617 g/mol. The van der Waals surface area contributed by atoms with Crippen molar-refractivity contribution in [2.75, 3.05) is 23.8 Å². The first-order valence-corrected chi connectivity index (χ1v) is 14.2. The number of rotatable bonds is 8. The smallest absolute Gasteiger partial charge is 0.416 e. The number of anilines is 2. The molecule has 15 heteroatoms. The Labute approximate surface area is 264 Å². The molecule has 1 aliphatic rings. The third-order valence-electron chi connectivity index (χ3n) is 7.05. The fourth-order valence-corrected chi connectivity index (χ4v) is 4.68. The van der Waals surface area contributed by atoms with Crippen molar-refractivity contribution in [2.24, 2.45) is 0 Å². The molecule has 0 aliphatic carbocycles. The number of alkyl halides is 3. The summed E-state index contributed by atoms with van der Waals surface area (Å²) in [7, 11) is 0. The minimum atomic E-state index is -4.60. The van der Waals surface area contributed by atoms with Crippen molar-refractivity contribution < 1.29 is 32.2 Å². The fraction of sp³-hybridized carbons (Fsp3) is 0.125. The van der Waals surface area contributed by atoms with Crippen LogP contribution in [0, 0.1) is 0 Å². The van der Waals surface area contributed by atoms with Crippen molar-refractivity contribution >= 4 is 23.1 Å². The van der Waals surface area contributed by atoms with Crippen LogP contribution >= 0.6 is 0 Å². The van der Waals surface area contributed by atoms with Crippen molar-refractivity contribution in [1.29, 1.82) is 0 Å². The van der Waals surface area contributed by atoms with Crippen LogP contribution < -0.4 is 20.1 Å². The van der Waals surface area contributed by atoms with Gasteiger partial charge in [-0.2, -0.15) is 13.2 Å². The zero-order valence-corrected chi connectivity index (χ0v) is 24.2. The molecule has 0 bridgehead atoms. The Hall–Kier alpha value is -6.09. The number of amides is 2. The maximum absolute atomic E-state index is 13.4. The number of ether oxygens (including phenoxy) is 3. The number of nitrogens with zero attached hydrogens (tertiary/aromatic N) is 6. The molecule has 0 spiro atoms. The molecule has 0 radical (unpaired) electrons. The number of halogens is 3. The van der Waals surface area contributed by atoms with Gasteiger partial charge in [0.2, 0.25) is 5.88 Å². The number of carbonyl (C=O) groups excluding carboxylic acids is 1. The van der Waals surface area contributed by atoms with Crippen LogP contribution in [0.2, 0.25) is 0 Å². The maximum Gasteiger partial charge on any atom is 0.416 e. The minimum absolute atomic E-state index is 0.0110. The summed E-state index contributed by atoms with van der Waals surface area (Å²) in [6.07, 6.45) is 2.75. The highest BCUT2D eigenvalue weighted by Gasteiger charge is 2.31. The van der Waals surface area contributed by atoms with Gasteiger partial charge in [-0.25, -0.2) is 24.3 Å². The van der Waals surface area contributed by atoms with Gasteiger partial charge in [-0.1, -0.05) is 12.1 Å². The second-order valence-corrected chi connectivity index (χ2v) is 10.3. The van der Waals surface area contributed by atoms with E-state index in [4.69, 9.17) is 14.2 Å². The first-order valence-electron chi connectivity index (χ1n) is 14.2. The SMILES string of the molecule is O=C(Nc1cnc(Oc2ccc(-c3cnc4ccc(OC5COC5)nn34)cc2)nc1)Nc1cc(C(F)(F)F)ccc1-c1cccnc1. The number of hydrogen-bond donors (Lipinski definition) is 2. The standard InChI is InChI=1S/C32H23F3N8O4/c33-32(34,35)21-5-8-25(20-2-1-11-36-13-20)26(12-21)41-30(44)40-22-14-38-31(39-15-22)47-23-6-3-19(4-7-23)27-16-37-28-9-10-29(42-43(27)28)46-24-17-45-18-24/h1-16,24H,17-18H2,(H2,40,41,44). The normalized spacial score (nSPS) is 13.2. The van der Waals surface area contributed by atoms with E-state index in [1.807, 2.05) is 18.2 Å². The highest BCUT2D eigenvalue weighted by atomic mass is 19.4. The molecule has 2 N–H and O–H groups in total. The molecule has 4 aromatic heterocycles. The first kappa shape index (κ1) is 29.6. The lowest BCUT2D eigenvalue weighted by atomic mass is 10.0. The molecule has 47 heavy (non-hydrogen) atoms. The fourth-order valence-electron chi connectivity index (χ4n) is 4.68. The van der Waals surface area contributed by atoms with Crippen LogP contribution in [-0.2, 0) is 10.9 Å². The van der Waals surface area contributed by atoms with Gasteiger partial charge in [-0.05, 0) is 48.5 Å². The lowest BCUT2D eigenvalue weighted by Crippen LogP contribution is -2.38. The van der Waals surface area contributed by atoms with Crippen LogP contribution in [-0.4, -0.2) is 54.9 Å². The van der Waals surface area contributed by atoms with Gasteiger partial charge in [0.1, 0.15) is 11.9 Å². The van der Waals surface area contributed by atoms with Crippen LogP contribution in [0.3, 0.4) is 0 Å². The second kappa shape index (κ2) is 12.4. The van der Waals surface area contributed by atoms with E-state index in [0.717, 1.165) is 23.4 Å². The third-order valence-corrected chi connectivity index (χ3v) is 7.05. The van der Waals surface area contributed by atoms with Crippen molar-refractivity contribution in [1.82, 2.24) is 29.5 Å². The summed E-state index contributed by atoms with van der Waals surface area (Å²) in [5, 5.41) is 9.55. The molecule has 1 saturated heterocycles. The number of hydrogen-bond acceptors (Lipinski definition) is 9. The van der Waals surface area contributed by atoms with Crippen molar-refractivity contribution in [3.8, 4) is 40.0 Å². The Bertz CT molecular complexity index is 2040. The summed E-state index contributed by atoms with van der Waals surface area (Å²) >= 11 is 0. The van der Waals surface area contributed by atoms with E-state index < -0.39 is 17.8 Å². The summed E-state index contributed by atoms with van der Waals surface area (Å²) in [5.41, 5.74) is 2.38. The predicted molar refractivity (Wildman–Crippen MR) is 163 cm³/mol. The lowest BCUT2D eigenvalue weighted by Gasteiger charge is -2.25. The summed E-state index contributed by atoms with van der Waals surface area (Å²) in [6, 6.07) is 16.4. The quantitative estimate of drug-likeness (QED) is 0.191. The van der Waals surface area contributed by atoms with E-state index in [1.165, 1.54) is 30.9 Å². The van der Waals surface area contributed by atoms with Crippen LogP contribution in [0.15, 0.2) is 97.7 Å². The summed E-state index contributed by atoms with van der Waals surface area (Å²) in [5.74, 6) is 0.929. The topological polar surface area (TPSA) is 138 Å². The highest BCUT2D eigenvalue weighted by molar-refractivity contribution is 6.02. The molecule has 0 atom stereocenters. The molecule has 2 aromatic carbocycles. The van der Waals surface area contributed by atoms with Gasteiger partial charge in [0, 0.05) is 35.2 Å². The molecule has 236 valence electrons. The summed E-state index contributed by atoms with van der Waals surface area (Å²) in [6.45, 7) is 1.07. The van der Waals surface area contributed by atoms with Crippen LogP contribution in [0.4, 0.5) is 29.3 Å². The zero-order chi connectivity index (χ0) is 32.4. The van der Waals surface area contributed by atoms with E-state index in [1.54, 1.807) is 41.0 Å². The molecule has 1 aliphatic heterocycles. The van der Waals surface area contributed by atoms with Crippen molar-refractivity contribution in [2.45, 2.75) is 12.3 Å². The molecule has 6 aromatic rings. The van der Waals surface area contributed by atoms with Gasteiger partial charge in [-0.3, -0.25) is 4.98 Å². The Balaban J connectivity index is 1.00. The zero-order valence-electron chi connectivity index (χ0n) is 24.2. The van der Waals surface area contributed by atoms with Crippen LogP contribution in [0.5, 0.6) is 17.6 Å². The average Bonchev–Trinajstić information content (AvgIpc) is 3.47. The number of benzene rings is 2. The van der Waals surface area contributed by atoms with Gasteiger partial charge in [0.15, 0.2) is 5.65 Å². The Morgan fingerprint density at radius 1 is 0.894 bits per heavy atom. The molecule has 0 saturated carbocycles. The van der Waals surface area contributed by atoms with E-state index >= 15 is 0 Å². The van der Waals surface area contributed by atoms with Gasteiger partial charge >= 0.3 is 18.2 Å². The molecule has 12 nitrogen and oxygen atoms in total. The number of imidazole rings is 1. The number of pyridine rings is 1. The van der Waals surface area contributed by atoms with Crippen molar-refractivity contribution in [3.63, 3.8) is 0 Å². The lowest BCUT2D eigenvalue weighted by molar-refractivity contribution is -0.137. The van der Waals surface area contributed by atoms with Gasteiger partial charge in [-0.15, -0.1) is 5.10 Å². The van der Waals surface area contributed by atoms with Crippen LogP contribution in [0.1, 0.15) is 5.56 Å². The Morgan fingerprint density at radius 2 is 1.70 bits per heavy atom. The van der Waals surface area contributed by atoms with E-state index in [-0.39, 0.29) is 23.5 Å². The summed E-state index contributed by atoms with van der Waals surface area (Å²) < 4.78 is 58.6. The minimum Gasteiger partial charge on any atom is -0.468 e. The molecule has 7 rings (SSSR count). The summed E-state index contributed by atoms with van der Waals surface area (Å²) in [4.78, 5) is 29.4.